The van der Waals surface area contributed by atoms with Gasteiger partial charge in [-0.2, -0.15) is 9.36 Å². The summed E-state index contributed by atoms with van der Waals surface area (Å²) in [5, 5.41) is 3.08. The van der Waals surface area contributed by atoms with Crippen LogP contribution in [0.2, 0.25) is 0 Å². The fraction of sp³-hybridized carbons (Fsp3) is 0.167. The first-order valence-corrected chi connectivity index (χ1v) is 8.42. The topological polar surface area (TPSA) is 64.1 Å². The fourth-order valence-electron chi connectivity index (χ4n) is 2.07. The number of carbonyl (C=O) groups excluding carboxylic acids is 1. The van der Waals surface area contributed by atoms with Gasteiger partial charge in [-0.25, -0.2) is 4.39 Å². The van der Waals surface area contributed by atoms with Gasteiger partial charge in [-0.15, -0.1) is 0 Å². The summed E-state index contributed by atoms with van der Waals surface area (Å²) in [7, 11) is 0. The number of ether oxygens (including phenoxy) is 1. The number of nitrogens with zero attached hydrogens (tertiary/aromatic N) is 2. The maximum Gasteiger partial charge on any atom is 0.266 e. The Balaban J connectivity index is 1.62. The van der Waals surface area contributed by atoms with Crippen molar-refractivity contribution in [3.63, 3.8) is 0 Å². The van der Waals surface area contributed by atoms with E-state index in [0.29, 0.717) is 16.7 Å². The molecule has 1 N–H and O–H groups in total. The lowest BCUT2D eigenvalue weighted by molar-refractivity contribution is -0.122. The zero-order valence-corrected chi connectivity index (χ0v) is 14.5. The lowest BCUT2D eigenvalue weighted by atomic mass is 10.1. The summed E-state index contributed by atoms with van der Waals surface area (Å²) < 4.78 is 22.6. The van der Waals surface area contributed by atoms with Crippen molar-refractivity contribution in [1.29, 1.82) is 0 Å². The van der Waals surface area contributed by atoms with Gasteiger partial charge in [-0.1, -0.05) is 29.8 Å². The van der Waals surface area contributed by atoms with E-state index in [1.807, 2.05) is 31.2 Å². The number of nitrogens with one attached hydrogen (secondary N) is 1. The number of rotatable bonds is 5. The Hall–Kier alpha value is -2.80. The molecule has 0 aliphatic rings. The highest BCUT2D eigenvalue weighted by molar-refractivity contribution is 7.10. The van der Waals surface area contributed by atoms with Crippen LogP contribution in [0.15, 0.2) is 48.5 Å². The van der Waals surface area contributed by atoms with Crippen molar-refractivity contribution in [2.75, 3.05) is 5.32 Å². The van der Waals surface area contributed by atoms with Crippen molar-refractivity contribution in [2.24, 2.45) is 0 Å². The third-order valence-electron chi connectivity index (χ3n) is 3.46. The van der Waals surface area contributed by atoms with Crippen LogP contribution in [0.5, 0.6) is 5.75 Å². The number of hydrogen-bond donors (Lipinski definition) is 1. The number of carbonyl (C=O) groups is 1. The highest BCUT2D eigenvalue weighted by atomic mass is 32.1. The van der Waals surface area contributed by atoms with Crippen LogP contribution in [0, 0.1) is 12.7 Å². The number of amides is 1. The Bertz CT molecular complexity index is 863. The van der Waals surface area contributed by atoms with Crippen LogP contribution in [0.25, 0.3) is 11.4 Å². The van der Waals surface area contributed by atoms with E-state index in [9.17, 15) is 9.18 Å². The second-order valence-corrected chi connectivity index (χ2v) is 6.24. The molecule has 5 nitrogen and oxygen atoms in total. The molecular formula is C18H16FN3O2S. The molecule has 1 atom stereocenters. The van der Waals surface area contributed by atoms with Crippen molar-refractivity contribution >= 4 is 22.6 Å². The van der Waals surface area contributed by atoms with Crippen LogP contribution in [0.3, 0.4) is 0 Å². The maximum atomic E-state index is 12.9. The van der Waals surface area contributed by atoms with E-state index >= 15 is 0 Å². The normalized spacial score (nSPS) is 11.8. The minimum Gasteiger partial charge on any atom is -0.481 e. The van der Waals surface area contributed by atoms with Gasteiger partial charge in [-0.3, -0.25) is 10.1 Å². The average molecular weight is 357 g/mol. The maximum absolute atomic E-state index is 12.9. The van der Waals surface area contributed by atoms with Crippen molar-refractivity contribution in [3.8, 4) is 17.1 Å². The third kappa shape index (κ3) is 4.39. The smallest absolute Gasteiger partial charge is 0.266 e. The largest absolute Gasteiger partial charge is 0.481 e. The quantitative estimate of drug-likeness (QED) is 0.748. The highest BCUT2D eigenvalue weighted by Gasteiger charge is 2.17. The van der Waals surface area contributed by atoms with Gasteiger partial charge in [0.15, 0.2) is 11.9 Å². The van der Waals surface area contributed by atoms with Crippen LogP contribution in [0.4, 0.5) is 9.52 Å². The molecule has 7 heteroatoms. The predicted octanol–water partition coefficient (Wildman–Crippen LogP) is 4.06. The lowest BCUT2D eigenvalue weighted by Crippen LogP contribution is -2.30. The van der Waals surface area contributed by atoms with Gasteiger partial charge in [0.25, 0.3) is 5.91 Å². The number of aryl methyl sites for hydroxylation is 1. The van der Waals surface area contributed by atoms with Gasteiger partial charge < -0.3 is 4.74 Å². The third-order valence-corrected chi connectivity index (χ3v) is 4.09. The molecule has 0 saturated carbocycles. The van der Waals surface area contributed by atoms with Gasteiger partial charge >= 0.3 is 0 Å². The zero-order chi connectivity index (χ0) is 17.8. The molecule has 3 aromatic rings. The predicted molar refractivity (Wildman–Crippen MR) is 95.2 cm³/mol. The Labute approximate surface area is 148 Å². The summed E-state index contributed by atoms with van der Waals surface area (Å²) in [4.78, 5) is 16.5. The fourth-order valence-corrected chi connectivity index (χ4v) is 2.66. The summed E-state index contributed by atoms with van der Waals surface area (Å²) >= 11 is 1.10. The van der Waals surface area contributed by atoms with Crippen LogP contribution in [0.1, 0.15) is 12.5 Å². The number of anilines is 1. The molecule has 0 aliphatic heterocycles. The number of benzene rings is 2. The van der Waals surface area contributed by atoms with Crippen LogP contribution >= 0.6 is 11.5 Å². The van der Waals surface area contributed by atoms with Crippen molar-refractivity contribution < 1.29 is 13.9 Å². The molecule has 25 heavy (non-hydrogen) atoms. The molecule has 1 aromatic heterocycles. The van der Waals surface area contributed by atoms with E-state index in [1.165, 1.54) is 24.3 Å². The Morgan fingerprint density at radius 1 is 1.16 bits per heavy atom. The highest BCUT2D eigenvalue weighted by Crippen LogP contribution is 2.22. The average Bonchev–Trinajstić information content (AvgIpc) is 3.06. The summed E-state index contributed by atoms with van der Waals surface area (Å²) in [6.07, 6.45) is -0.753. The molecule has 0 unspecified atom stereocenters. The molecule has 0 radical (unpaired) electrons. The van der Waals surface area contributed by atoms with E-state index in [4.69, 9.17) is 4.74 Å². The van der Waals surface area contributed by atoms with Gasteiger partial charge in [0.2, 0.25) is 5.13 Å². The van der Waals surface area contributed by atoms with Crippen LogP contribution < -0.4 is 10.1 Å². The SMILES string of the molecule is Cc1ccc(-c2nsc(NC(=O)[C@@H](C)Oc3ccc(F)cc3)n2)cc1. The Morgan fingerprint density at radius 2 is 1.84 bits per heavy atom. The van der Waals surface area contributed by atoms with Crippen molar-refractivity contribution in [1.82, 2.24) is 9.36 Å². The number of aromatic nitrogens is 2. The van der Waals surface area contributed by atoms with Crippen molar-refractivity contribution in [2.45, 2.75) is 20.0 Å². The van der Waals surface area contributed by atoms with Gasteiger partial charge in [0.05, 0.1) is 0 Å². The summed E-state index contributed by atoms with van der Waals surface area (Å²) in [5.74, 6) is 0.270. The van der Waals surface area contributed by atoms with Crippen molar-refractivity contribution in [3.05, 3.63) is 59.9 Å². The molecule has 0 bridgehead atoms. The second kappa shape index (κ2) is 7.40. The van der Waals surface area contributed by atoms with Gasteiger partial charge in [0, 0.05) is 17.1 Å². The summed E-state index contributed by atoms with van der Waals surface area (Å²) in [6.45, 7) is 3.62. The molecule has 1 heterocycles. The molecule has 1 amide bonds. The minimum absolute atomic E-state index is 0.351. The molecule has 0 aliphatic carbocycles. The van der Waals surface area contributed by atoms with E-state index < -0.39 is 6.10 Å². The van der Waals surface area contributed by atoms with Crippen LogP contribution in [-0.2, 0) is 4.79 Å². The molecular weight excluding hydrogens is 341 g/mol. The number of halogens is 1. The summed E-state index contributed by atoms with van der Waals surface area (Å²) in [6, 6.07) is 13.3. The zero-order valence-electron chi connectivity index (χ0n) is 13.7. The monoisotopic (exact) mass is 357 g/mol. The molecule has 128 valence electrons. The second-order valence-electron chi connectivity index (χ2n) is 5.49. The first-order valence-electron chi connectivity index (χ1n) is 7.65. The van der Waals surface area contributed by atoms with Gasteiger partial charge in [-0.05, 0) is 38.1 Å². The standard InChI is InChI=1S/C18H16FN3O2S/c1-11-3-5-13(6-4-11)16-20-18(25-22-16)21-17(23)12(2)24-15-9-7-14(19)8-10-15/h3-10,12H,1-2H3,(H,20,21,22,23)/t12-/m1/s1. The molecule has 0 fully saturated rings. The summed E-state index contributed by atoms with van der Waals surface area (Å²) in [5.41, 5.74) is 2.04. The Kier molecular flexibility index (Phi) is 5.04. The molecule has 0 spiro atoms. The molecule has 2 aromatic carbocycles. The Morgan fingerprint density at radius 3 is 2.52 bits per heavy atom. The van der Waals surface area contributed by atoms with E-state index in [1.54, 1.807) is 6.92 Å². The minimum atomic E-state index is -0.753. The van der Waals surface area contributed by atoms with Crippen LogP contribution in [-0.4, -0.2) is 21.4 Å². The van der Waals surface area contributed by atoms with E-state index in [2.05, 4.69) is 14.7 Å². The molecule has 3 rings (SSSR count). The van der Waals surface area contributed by atoms with E-state index in [0.717, 1.165) is 22.7 Å². The molecule has 0 saturated heterocycles. The van der Waals surface area contributed by atoms with Gasteiger partial charge in [0.1, 0.15) is 11.6 Å². The first kappa shape index (κ1) is 17.0. The lowest BCUT2D eigenvalue weighted by Gasteiger charge is -2.13. The van der Waals surface area contributed by atoms with E-state index in [-0.39, 0.29) is 11.7 Å². The first-order chi connectivity index (χ1) is 12.0. The number of hydrogen-bond acceptors (Lipinski definition) is 5.